The number of carbonyl (C=O) groups excluding carboxylic acids is 1. The monoisotopic (exact) mass is 307 g/mol. The van der Waals surface area contributed by atoms with Crippen LogP contribution in [0.3, 0.4) is 0 Å². The largest absolute Gasteiger partial charge is 0.304 e. The number of unbranched alkanes of at least 4 members (excludes halogenated alkanes) is 1. The number of anilines is 1. The normalized spacial score (nSPS) is 19.6. The second-order valence-corrected chi connectivity index (χ2v) is 7.36. The van der Waals surface area contributed by atoms with E-state index in [0.717, 1.165) is 24.1 Å². The standard InChI is InChI=1S/C16H21NO3S/c1-3-4-5-16(18)17(14-8-6-13(2)7-9-14)15-10-11-21(19,20)12-15/h6-11,15H,3-5,12H2,1-2H3. The predicted octanol–water partition coefficient (Wildman–Crippen LogP) is 2.83. The lowest BCUT2D eigenvalue weighted by molar-refractivity contribution is -0.118. The summed E-state index contributed by atoms with van der Waals surface area (Å²) in [4.78, 5) is 14.1. The lowest BCUT2D eigenvalue weighted by Gasteiger charge is -2.28. The molecule has 2 rings (SSSR count). The van der Waals surface area contributed by atoms with Crippen molar-refractivity contribution in [1.29, 1.82) is 0 Å². The molecule has 4 nitrogen and oxygen atoms in total. The van der Waals surface area contributed by atoms with Gasteiger partial charge in [-0.05, 0) is 31.6 Å². The number of hydrogen-bond donors (Lipinski definition) is 0. The first-order valence-electron chi connectivity index (χ1n) is 7.22. The summed E-state index contributed by atoms with van der Waals surface area (Å²) in [6.07, 6.45) is 3.80. The molecule has 0 aliphatic carbocycles. The van der Waals surface area contributed by atoms with Crippen LogP contribution in [0.5, 0.6) is 0 Å². The smallest absolute Gasteiger partial charge is 0.227 e. The first-order chi connectivity index (χ1) is 9.93. The number of amides is 1. The summed E-state index contributed by atoms with van der Waals surface area (Å²) in [5, 5.41) is 1.21. The van der Waals surface area contributed by atoms with Gasteiger partial charge in [-0.3, -0.25) is 4.79 Å². The molecule has 114 valence electrons. The van der Waals surface area contributed by atoms with Crippen molar-refractivity contribution in [3.63, 3.8) is 0 Å². The maximum Gasteiger partial charge on any atom is 0.227 e. The van der Waals surface area contributed by atoms with E-state index < -0.39 is 15.9 Å². The molecule has 1 heterocycles. The van der Waals surface area contributed by atoms with Gasteiger partial charge in [0.05, 0.1) is 11.8 Å². The van der Waals surface area contributed by atoms with Crippen LogP contribution in [-0.4, -0.2) is 26.1 Å². The first kappa shape index (κ1) is 15.8. The van der Waals surface area contributed by atoms with Gasteiger partial charge in [0.25, 0.3) is 0 Å². The summed E-state index contributed by atoms with van der Waals surface area (Å²) in [7, 11) is -3.19. The summed E-state index contributed by atoms with van der Waals surface area (Å²) in [5.41, 5.74) is 1.86. The maximum absolute atomic E-state index is 12.5. The molecule has 0 bridgehead atoms. The Morgan fingerprint density at radius 1 is 1.29 bits per heavy atom. The van der Waals surface area contributed by atoms with Gasteiger partial charge in [-0.1, -0.05) is 31.0 Å². The molecule has 0 spiro atoms. The molecule has 5 heteroatoms. The van der Waals surface area contributed by atoms with Crippen LogP contribution < -0.4 is 4.90 Å². The quantitative estimate of drug-likeness (QED) is 0.840. The Balaban J connectivity index is 2.29. The van der Waals surface area contributed by atoms with Gasteiger partial charge in [-0.2, -0.15) is 0 Å². The highest BCUT2D eigenvalue weighted by Crippen LogP contribution is 2.24. The van der Waals surface area contributed by atoms with Crippen LogP contribution in [0, 0.1) is 6.92 Å². The Hall–Kier alpha value is -1.62. The van der Waals surface area contributed by atoms with Crippen molar-refractivity contribution in [2.45, 2.75) is 39.2 Å². The predicted molar refractivity (Wildman–Crippen MR) is 84.9 cm³/mol. The number of benzene rings is 1. The summed E-state index contributed by atoms with van der Waals surface area (Å²) < 4.78 is 23.3. The van der Waals surface area contributed by atoms with Crippen molar-refractivity contribution in [1.82, 2.24) is 0 Å². The Kier molecular flexibility index (Phi) is 4.83. The zero-order chi connectivity index (χ0) is 15.5. The van der Waals surface area contributed by atoms with E-state index in [-0.39, 0.29) is 11.7 Å². The summed E-state index contributed by atoms with van der Waals surface area (Å²) in [5.74, 6) is -0.0499. The molecule has 1 amide bonds. The Morgan fingerprint density at radius 2 is 1.95 bits per heavy atom. The fourth-order valence-corrected chi connectivity index (χ4v) is 3.66. The van der Waals surface area contributed by atoms with E-state index in [1.165, 1.54) is 5.41 Å². The Morgan fingerprint density at radius 3 is 2.48 bits per heavy atom. The molecule has 1 aromatic rings. The molecule has 1 aromatic carbocycles. The fraction of sp³-hybridized carbons (Fsp3) is 0.438. The van der Waals surface area contributed by atoms with Crippen molar-refractivity contribution < 1.29 is 13.2 Å². The third-order valence-corrected chi connectivity index (χ3v) is 4.95. The number of nitrogens with zero attached hydrogens (tertiary/aromatic N) is 1. The van der Waals surface area contributed by atoms with Gasteiger partial charge in [0.1, 0.15) is 0 Å². The average Bonchev–Trinajstić information content (AvgIpc) is 2.79. The van der Waals surface area contributed by atoms with Crippen molar-refractivity contribution in [2.24, 2.45) is 0 Å². The van der Waals surface area contributed by atoms with Crippen molar-refractivity contribution in [3.05, 3.63) is 41.3 Å². The van der Waals surface area contributed by atoms with Crippen LogP contribution >= 0.6 is 0 Å². The molecule has 0 aromatic heterocycles. The van der Waals surface area contributed by atoms with Crippen LogP contribution in [0.2, 0.25) is 0 Å². The van der Waals surface area contributed by atoms with Gasteiger partial charge in [0.15, 0.2) is 9.84 Å². The molecule has 1 aliphatic heterocycles. The van der Waals surface area contributed by atoms with Crippen LogP contribution in [0.15, 0.2) is 35.7 Å². The first-order valence-corrected chi connectivity index (χ1v) is 8.94. The number of hydrogen-bond acceptors (Lipinski definition) is 3. The van der Waals surface area contributed by atoms with Gasteiger partial charge in [-0.25, -0.2) is 8.42 Å². The lowest BCUT2D eigenvalue weighted by atomic mass is 10.1. The second-order valence-electron chi connectivity index (χ2n) is 5.43. The average molecular weight is 307 g/mol. The number of carbonyl (C=O) groups is 1. The second kappa shape index (κ2) is 6.43. The third-order valence-electron chi connectivity index (χ3n) is 3.57. The zero-order valence-corrected chi connectivity index (χ0v) is 13.3. The van der Waals surface area contributed by atoms with E-state index >= 15 is 0 Å². The van der Waals surface area contributed by atoms with E-state index in [1.54, 1.807) is 11.0 Å². The molecule has 0 saturated carbocycles. The molecule has 0 fully saturated rings. The highest BCUT2D eigenvalue weighted by Gasteiger charge is 2.30. The van der Waals surface area contributed by atoms with Gasteiger partial charge >= 0.3 is 0 Å². The van der Waals surface area contributed by atoms with Crippen LogP contribution in [0.25, 0.3) is 0 Å². The minimum Gasteiger partial charge on any atom is -0.304 e. The lowest BCUT2D eigenvalue weighted by Crippen LogP contribution is -2.41. The van der Waals surface area contributed by atoms with Crippen LogP contribution in [0.4, 0.5) is 5.69 Å². The van der Waals surface area contributed by atoms with Gasteiger partial charge in [0.2, 0.25) is 5.91 Å². The molecular formula is C16H21NO3S. The summed E-state index contributed by atoms with van der Waals surface area (Å²) >= 11 is 0. The minimum absolute atomic E-state index is 0.0209. The van der Waals surface area contributed by atoms with Crippen molar-refractivity contribution in [3.8, 4) is 0 Å². The van der Waals surface area contributed by atoms with E-state index in [2.05, 4.69) is 0 Å². The van der Waals surface area contributed by atoms with E-state index in [1.807, 2.05) is 38.1 Å². The Labute approximate surface area is 126 Å². The highest BCUT2D eigenvalue weighted by molar-refractivity contribution is 7.94. The third kappa shape index (κ3) is 3.94. The zero-order valence-electron chi connectivity index (χ0n) is 12.5. The summed E-state index contributed by atoms with van der Waals surface area (Å²) in [6, 6.07) is 7.21. The molecule has 1 atom stereocenters. The topological polar surface area (TPSA) is 54.5 Å². The number of sulfone groups is 1. The molecule has 0 N–H and O–H groups in total. The van der Waals surface area contributed by atoms with Gasteiger partial charge < -0.3 is 4.90 Å². The Bertz CT molecular complexity index is 632. The van der Waals surface area contributed by atoms with E-state index in [4.69, 9.17) is 0 Å². The number of rotatable bonds is 5. The highest BCUT2D eigenvalue weighted by atomic mass is 32.2. The molecule has 1 unspecified atom stereocenters. The molecule has 1 aliphatic rings. The number of aryl methyl sites for hydroxylation is 1. The minimum atomic E-state index is -3.19. The molecule has 0 radical (unpaired) electrons. The summed E-state index contributed by atoms with van der Waals surface area (Å²) in [6.45, 7) is 4.01. The van der Waals surface area contributed by atoms with Gasteiger partial charge in [0, 0.05) is 17.5 Å². The van der Waals surface area contributed by atoms with Crippen molar-refractivity contribution >= 4 is 21.4 Å². The molecule has 21 heavy (non-hydrogen) atoms. The van der Waals surface area contributed by atoms with Crippen LogP contribution in [-0.2, 0) is 14.6 Å². The molecular weight excluding hydrogens is 286 g/mol. The SMILES string of the molecule is CCCCC(=O)N(c1ccc(C)cc1)C1C=CS(=O)(=O)C1. The fourth-order valence-electron chi connectivity index (χ4n) is 2.39. The maximum atomic E-state index is 12.5. The van der Waals surface area contributed by atoms with E-state index in [0.29, 0.717) is 6.42 Å². The van der Waals surface area contributed by atoms with Gasteiger partial charge in [-0.15, -0.1) is 0 Å². The van der Waals surface area contributed by atoms with Crippen LogP contribution in [0.1, 0.15) is 31.7 Å². The van der Waals surface area contributed by atoms with E-state index in [9.17, 15) is 13.2 Å². The molecule has 0 saturated heterocycles. The van der Waals surface area contributed by atoms with Crippen molar-refractivity contribution in [2.75, 3.05) is 10.7 Å².